The number of nitrogens with zero attached hydrogens (tertiary/aromatic N) is 3. The van der Waals surface area contributed by atoms with Crippen molar-refractivity contribution in [1.82, 2.24) is 0 Å². The van der Waals surface area contributed by atoms with E-state index in [1.165, 1.54) is 22.1 Å². The van der Waals surface area contributed by atoms with Crippen LogP contribution in [0.25, 0.3) is 22.1 Å². The Morgan fingerprint density at radius 2 is 1.00 bits per heavy atom. The number of para-hydroxylation sites is 4. The molecule has 0 saturated carbocycles. The smallest absolute Gasteiger partial charge is 0.297 e. The summed E-state index contributed by atoms with van der Waals surface area (Å²) in [6.07, 6.45) is 0. The molecule has 0 radical (unpaired) electrons. The van der Waals surface area contributed by atoms with Crippen LogP contribution in [0.5, 0.6) is 0 Å². The highest BCUT2D eigenvalue weighted by molar-refractivity contribution is 7.00. The Morgan fingerprint density at radius 1 is 0.418 bits per heavy atom. The quantitative estimate of drug-likeness (QED) is 0.161. The second kappa shape index (κ2) is 12.7. The van der Waals surface area contributed by atoms with E-state index in [0.717, 1.165) is 67.8 Å². The highest BCUT2D eigenvalue weighted by Gasteiger charge is 2.46. The Morgan fingerprint density at radius 3 is 1.73 bits per heavy atom. The first-order valence-electron chi connectivity index (χ1n) is 18.8. The number of hydrogen-bond donors (Lipinski definition) is 0. The van der Waals surface area contributed by atoms with Crippen molar-refractivity contribution in [2.24, 2.45) is 0 Å². The van der Waals surface area contributed by atoms with Gasteiger partial charge < -0.3 is 19.1 Å². The molecule has 8 aromatic carbocycles. The van der Waals surface area contributed by atoms with Crippen molar-refractivity contribution >= 4 is 85.5 Å². The molecule has 0 fully saturated rings. The van der Waals surface area contributed by atoms with Crippen molar-refractivity contribution in [3.63, 3.8) is 0 Å². The third-order valence-corrected chi connectivity index (χ3v) is 11.0. The minimum atomic E-state index is -0.131. The first-order valence-corrected chi connectivity index (χ1v) is 18.8. The van der Waals surface area contributed by atoms with E-state index in [0.29, 0.717) is 0 Å². The monoisotopic (exact) mass is 703 g/mol. The molecule has 0 spiro atoms. The Bertz CT molecular complexity index is 2800. The van der Waals surface area contributed by atoms with Gasteiger partial charge in [0.2, 0.25) is 0 Å². The molecule has 2 aliphatic heterocycles. The minimum absolute atomic E-state index is 0.131. The summed E-state index contributed by atoms with van der Waals surface area (Å²) in [5.41, 5.74) is 16.6. The molecule has 0 bridgehead atoms. The zero-order chi connectivity index (χ0) is 36.3. The number of furan rings is 1. The number of hydrogen-bond acceptors (Lipinski definition) is 4. The average Bonchev–Trinajstić information content (AvgIpc) is 3.64. The molecule has 258 valence electrons. The molecule has 4 nitrogen and oxygen atoms in total. The fourth-order valence-electron chi connectivity index (χ4n) is 8.67. The van der Waals surface area contributed by atoms with Gasteiger partial charge in [0, 0.05) is 50.9 Å². The van der Waals surface area contributed by atoms with Gasteiger partial charge in [-0.2, -0.15) is 0 Å². The first kappa shape index (κ1) is 31.3. The molecule has 0 amide bonds. The van der Waals surface area contributed by atoms with Crippen LogP contribution in [0.4, 0.5) is 51.2 Å². The Hall–Kier alpha value is -7.24. The summed E-state index contributed by atoms with van der Waals surface area (Å²) >= 11 is 0. The van der Waals surface area contributed by atoms with Gasteiger partial charge in [-0.1, -0.05) is 121 Å². The summed E-state index contributed by atoms with van der Waals surface area (Å²) in [6, 6.07) is 73.7. The van der Waals surface area contributed by atoms with Crippen molar-refractivity contribution in [2.45, 2.75) is 0 Å². The average molecular weight is 704 g/mol. The molecular weight excluding hydrogens is 669 g/mol. The topological polar surface area (TPSA) is 22.9 Å². The molecule has 5 heteroatoms. The third kappa shape index (κ3) is 5.01. The van der Waals surface area contributed by atoms with Crippen LogP contribution < -0.4 is 31.3 Å². The lowest BCUT2D eigenvalue weighted by atomic mass is 9.35. The summed E-state index contributed by atoms with van der Waals surface area (Å²) in [7, 11) is 0. The van der Waals surface area contributed by atoms with Gasteiger partial charge in [0.25, 0.3) is 6.71 Å². The van der Waals surface area contributed by atoms with Crippen LogP contribution in [0.1, 0.15) is 0 Å². The summed E-state index contributed by atoms with van der Waals surface area (Å²) < 4.78 is 7.05. The van der Waals surface area contributed by atoms with E-state index in [2.05, 4.69) is 221 Å². The van der Waals surface area contributed by atoms with Gasteiger partial charge in [-0.25, -0.2) is 0 Å². The molecule has 0 unspecified atom stereocenters. The van der Waals surface area contributed by atoms with Gasteiger partial charge in [-0.15, -0.1) is 0 Å². The van der Waals surface area contributed by atoms with Crippen molar-refractivity contribution in [1.29, 1.82) is 0 Å². The van der Waals surface area contributed by atoms with E-state index in [1.807, 2.05) is 0 Å². The summed E-state index contributed by atoms with van der Waals surface area (Å²) in [5, 5.41) is 1.10. The zero-order valence-corrected chi connectivity index (χ0v) is 30.0. The molecule has 0 saturated heterocycles. The van der Waals surface area contributed by atoms with Gasteiger partial charge in [-0.05, 0) is 107 Å². The van der Waals surface area contributed by atoms with Gasteiger partial charge in [-0.3, -0.25) is 0 Å². The SMILES string of the molecule is c1ccc(-c2cccc(N3c4cccc5c4B(c4ccc(N(c6ccccc6)c6ccccc6)cc4N5c4ccccc4)c4oc5ccccc5c43)c2)cc1. The van der Waals surface area contributed by atoms with Crippen LogP contribution >= 0.6 is 0 Å². The highest BCUT2D eigenvalue weighted by atomic mass is 16.3. The maximum atomic E-state index is 7.05. The minimum Gasteiger partial charge on any atom is -0.468 e. The molecule has 3 heterocycles. The fraction of sp³-hybridized carbons (Fsp3) is 0. The van der Waals surface area contributed by atoms with Crippen LogP contribution in [0.2, 0.25) is 0 Å². The largest absolute Gasteiger partial charge is 0.468 e. The number of fused-ring (bicyclic) bond motifs is 6. The Balaban J connectivity index is 1.18. The van der Waals surface area contributed by atoms with Crippen molar-refractivity contribution in [3.05, 3.63) is 206 Å². The molecule has 1 aromatic heterocycles. The molecule has 2 aliphatic rings. The summed E-state index contributed by atoms with van der Waals surface area (Å²) in [5.74, 6) is 0. The highest BCUT2D eigenvalue weighted by Crippen LogP contribution is 2.48. The van der Waals surface area contributed by atoms with Gasteiger partial charge in [0.1, 0.15) is 5.58 Å². The van der Waals surface area contributed by atoms with E-state index < -0.39 is 0 Å². The lowest BCUT2D eigenvalue weighted by molar-refractivity contribution is 0.651. The number of rotatable bonds is 6. The number of benzene rings is 8. The Labute approximate surface area is 320 Å². The molecule has 9 aromatic rings. The van der Waals surface area contributed by atoms with Crippen LogP contribution in [-0.4, -0.2) is 6.71 Å². The lowest BCUT2D eigenvalue weighted by Crippen LogP contribution is -2.61. The molecule has 11 rings (SSSR count). The van der Waals surface area contributed by atoms with E-state index in [-0.39, 0.29) is 6.71 Å². The summed E-state index contributed by atoms with van der Waals surface area (Å²) in [6.45, 7) is -0.131. The first-order chi connectivity index (χ1) is 27.3. The van der Waals surface area contributed by atoms with Gasteiger partial charge >= 0.3 is 0 Å². The predicted molar refractivity (Wildman–Crippen MR) is 230 cm³/mol. The number of anilines is 9. The van der Waals surface area contributed by atoms with E-state index in [9.17, 15) is 0 Å². The Kier molecular flexibility index (Phi) is 7.24. The third-order valence-electron chi connectivity index (χ3n) is 11.0. The van der Waals surface area contributed by atoms with Crippen LogP contribution in [0.15, 0.2) is 211 Å². The van der Waals surface area contributed by atoms with Crippen molar-refractivity contribution < 1.29 is 4.42 Å². The predicted octanol–water partition coefficient (Wildman–Crippen LogP) is 11.7. The maximum absolute atomic E-state index is 7.05. The molecule has 0 N–H and O–H groups in total. The normalized spacial score (nSPS) is 12.6. The second-order valence-electron chi connectivity index (χ2n) is 14.1. The molecule has 0 aliphatic carbocycles. The van der Waals surface area contributed by atoms with E-state index in [4.69, 9.17) is 4.42 Å². The van der Waals surface area contributed by atoms with Crippen LogP contribution in [-0.2, 0) is 0 Å². The van der Waals surface area contributed by atoms with Gasteiger partial charge in [0.15, 0.2) is 0 Å². The molecule has 55 heavy (non-hydrogen) atoms. The van der Waals surface area contributed by atoms with Crippen molar-refractivity contribution in [3.8, 4) is 11.1 Å². The lowest BCUT2D eigenvalue weighted by Gasteiger charge is -2.42. The van der Waals surface area contributed by atoms with Crippen LogP contribution in [0, 0.1) is 0 Å². The summed E-state index contributed by atoms with van der Waals surface area (Å²) in [4.78, 5) is 7.21. The van der Waals surface area contributed by atoms with Crippen LogP contribution in [0.3, 0.4) is 0 Å². The maximum Gasteiger partial charge on any atom is 0.297 e. The van der Waals surface area contributed by atoms with E-state index in [1.54, 1.807) is 0 Å². The van der Waals surface area contributed by atoms with E-state index >= 15 is 0 Å². The van der Waals surface area contributed by atoms with Crippen molar-refractivity contribution in [2.75, 3.05) is 14.7 Å². The van der Waals surface area contributed by atoms with Gasteiger partial charge in [0.05, 0.1) is 11.3 Å². The zero-order valence-electron chi connectivity index (χ0n) is 30.0. The standard InChI is InChI=1S/C50H34BN3O/c1-5-17-35(18-6-1)36-19-15-26-40(33-36)54-45-29-16-28-44-48(45)51(50-49(54)42-27-13-14-30-47(42)55-50)43-32-31-41(34-46(43)53(44)39-24-11-4-12-25-39)52(37-20-7-2-8-21-37)38-22-9-3-10-23-38/h1-34H. The molecule has 0 atom stereocenters. The second-order valence-corrected chi connectivity index (χ2v) is 14.1. The fourth-order valence-corrected chi connectivity index (χ4v) is 8.67. The molecular formula is C50H34BN3O.